The van der Waals surface area contributed by atoms with E-state index in [2.05, 4.69) is 30.6 Å². The van der Waals surface area contributed by atoms with E-state index in [-0.39, 0.29) is 11.8 Å². The number of nitrogens with one attached hydrogen (secondary N) is 2. The van der Waals surface area contributed by atoms with Gasteiger partial charge in [-0.25, -0.2) is 14.1 Å². The van der Waals surface area contributed by atoms with Crippen LogP contribution in [-0.4, -0.2) is 45.9 Å². The number of carbonyl (C=O) groups excluding carboxylic acids is 1. The summed E-state index contributed by atoms with van der Waals surface area (Å²) in [5, 5.41) is 25.5. The highest BCUT2D eigenvalue weighted by atomic mass is 19.1. The Morgan fingerprint density at radius 1 is 1.24 bits per heavy atom. The lowest BCUT2D eigenvalue weighted by Crippen LogP contribution is -2.33. The number of pyridine rings is 1. The number of rotatable bonds is 7. The second-order valence-electron chi connectivity index (χ2n) is 9.84. The van der Waals surface area contributed by atoms with E-state index in [9.17, 15) is 14.3 Å². The molecular weight excluding hydrogens is 475 g/mol. The largest absolute Gasteiger partial charge is 0.384 e. The summed E-state index contributed by atoms with van der Waals surface area (Å²) in [6, 6.07) is 5.47. The molecule has 1 fully saturated rings. The van der Waals surface area contributed by atoms with Gasteiger partial charge < -0.3 is 10.4 Å². The van der Waals surface area contributed by atoms with Crippen LogP contribution >= 0.6 is 0 Å². The Bertz CT molecular complexity index is 1420. The average molecular weight is 505 g/mol. The minimum absolute atomic E-state index is 0.150. The minimum Gasteiger partial charge on any atom is -0.384 e. The van der Waals surface area contributed by atoms with Gasteiger partial charge in [-0.1, -0.05) is 0 Å². The Balaban J connectivity index is 1.23. The summed E-state index contributed by atoms with van der Waals surface area (Å²) in [4.78, 5) is 26.4. The van der Waals surface area contributed by atoms with Crippen molar-refractivity contribution >= 4 is 5.91 Å². The van der Waals surface area contributed by atoms with Gasteiger partial charge >= 0.3 is 0 Å². The summed E-state index contributed by atoms with van der Waals surface area (Å²) in [6.07, 6.45) is 7.16. The van der Waals surface area contributed by atoms with Gasteiger partial charge in [-0.15, -0.1) is 0 Å². The van der Waals surface area contributed by atoms with Crippen LogP contribution in [0.1, 0.15) is 66.3 Å². The predicted molar refractivity (Wildman–Crippen MR) is 132 cm³/mol. The topological polar surface area (TPSA) is 134 Å². The first-order chi connectivity index (χ1) is 17.7. The summed E-state index contributed by atoms with van der Waals surface area (Å²) in [6.45, 7) is 5.75. The molecule has 192 valence electrons. The SMILES string of the molecule is Cc1cc(Cc2cc(C)[nH]n2)nc([C@]2(O)CC[C@@H](C(=O)N[C@@H](C)c3cnc(-n4cc(F)cn4)cn3)C2)c1. The number of aromatic amines is 1. The van der Waals surface area contributed by atoms with Gasteiger partial charge in [-0.05, 0) is 63.8 Å². The molecule has 5 rings (SSSR count). The molecular formula is C26H29FN8O2. The van der Waals surface area contributed by atoms with Crippen LogP contribution in [0.15, 0.2) is 43.0 Å². The number of nitrogens with zero attached hydrogens (tertiary/aromatic N) is 6. The highest BCUT2D eigenvalue weighted by Crippen LogP contribution is 2.42. The number of aliphatic hydroxyl groups is 1. The number of amides is 1. The fourth-order valence-electron chi connectivity index (χ4n) is 4.80. The van der Waals surface area contributed by atoms with E-state index in [1.807, 2.05) is 39.0 Å². The van der Waals surface area contributed by atoms with Crippen molar-refractivity contribution in [3.8, 4) is 5.82 Å². The van der Waals surface area contributed by atoms with E-state index in [1.54, 1.807) is 0 Å². The second kappa shape index (κ2) is 9.81. The fraction of sp³-hybridized carbons (Fsp3) is 0.385. The highest BCUT2D eigenvalue weighted by Gasteiger charge is 2.43. The second-order valence-corrected chi connectivity index (χ2v) is 9.84. The van der Waals surface area contributed by atoms with Gasteiger partial charge in [0.1, 0.15) is 5.60 Å². The zero-order valence-corrected chi connectivity index (χ0v) is 20.9. The molecule has 0 saturated heterocycles. The Morgan fingerprint density at radius 2 is 2.08 bits per heavy atom. The molecule has 4 aromatic heterocycles. The van der Waals surface area contributed by atoms with Crippen molar-refractivity contribution in [2.24, 2.45) is 5.92 Å². The van der Waals surface area contributed by atoms with E-state index in [4.69, 9.17) is 4.98 Å². The summed E-state index contributed by atoms with van der Waals surface area (Å²) in [5.74, 6) is -0.595. The van der Waals surface area contributed by atoms with E-state index in [1.165, 1.54) is 23.3 Å². The van der Waals surface area contributed by atoms with E-state index < -0.39 is 17.5 Å². The maximum Gasteiger partial charge on any atom is 0.223 e. The van der Waals surface area contributed by atoms with Crippen LogP contribution in [0.5, 0.6) is 0 Å². The van der Waals surface area contributed by atoms with Crippen LogP contribution in [0.4, 0.5) is 4.39 Å². The normalized spacial score (nSPS) is 20.2. The number of hydrogen-bond donors (Lipinski definition) is 3. The summed E-state index contributed by atoms with van der Waals surface area (Å²) in [5.41, 5.74) is 3.69. The molecule has 11 heteroatoms. The number of aryl methyl sites for hydroxylation is 2. The van der Waals surface area contributed by atoms with Crippen molar-refractivity contribution in [1.29, 1.82) is 0 Å². The van der Waals surface area contributed by atoms with Gasteiger partial charge in [0.2, 0.25) is 5.91 Å². The molecule has 0 unspecified atom stereocenters. The lowest BCUT2D eigenvalue weighted by Gasteiger charge is -2.24. The van der Waals surface area contributed by atoms with Crippen LogP contribution in [0.3, 0.4) is 0 Å². The van der Waals surface area contributed by atoms with E-state index in [0.29, 0.717) is 42.9 Å². The molecule has 0 radical (unpaired) electrons. The monoisotopic (exact) mass is 504 g/mol. The summed E-state index contributed by atoms with van der Waals surface area (Å²) >= 11 is 0. The maximum absolute atomic E-state index is 13.2. The Hall–Kier alpha value is -3.99. The standard InChI is InChI=1S/C26H29FN8O2/c1-15-6-20(9-21-8-16(2)33-34-21)32-23(7-15)26(37)5-4-18(10-26)25(36)31-17(3)22-12-29-24(13-28-22)35-14-19(27)11-30-35/h6-8,11-14,17-18,37H,4-5,9-10H2,1-3H3,(H,31,36)(H,33,34)/t17-,18+,26-/m0/s1. The van der Waals surface area contributed by atoms with Gasteiger partial charge in [0, 0.05) is 23.7 Å². The van der Waals surface area contributed by atoms with Crippen molar-refractivity contribution < 1.29 is 14.3 Å². The van der Waals surface area contributed by atoms with Gasteiger partial charge in [-0.3, -0.25) is 19.9 Å². The molecule has 1 aliphatic rings. The van der Waals surface area contributed by atoms with Gasteiger partial charge in [-0.2, -0.15) is 10.2 Å². The first-order valence-corrected chi connectivity index (χ1v) is 12.2. The van der Waals surface area contributed by atoms with Crippen LogP contribution < -0.4 is 5.32 Å². The molecule has 3 atom stereocenters. The molecule has 0 aromatic carbocycles. The Labute approximate surface area is 213 Å². The maximum atomic E-state index is 13.2. The first kappa shape index (κ1) is 24.7. The smallest absolute Gasteiger partial charge is 0.223 e. The van der Waals surface area contributed by atoms with E-state index in [0.717, 1.165) is 28.8 Å². The molecule has 0 spiro atoms. The fourth-order valence-corrected chi connectivity index (χ4v) is 4.80. The number of hydrogen-bond acceptors (Lipinski definition) is 7. The molecule has 0 aliphatic heterocycles. The summed E-state index contributed by atoms with van der Waals surface area (Å²) in [7, 11) is 0. The average Bonchev–Trinajstić information content (AvgIpc) is 3.59. The predicted octanol–water partition coefficient (Wildman–Crippen LogP) is 2.99. The molecule has 4 aromatic rings. The number of halogens is 1. The molecule has 10 nitrogen and oxygen atoms in total. The van der Waals surface area contributed by atoms with Crippen LogP contribution in [0, 0.1) is 25.6 Å². The molecule has 1 saturated carbocycles. The van der Waals surface area contributed by atoms with Crippen molar-refractivity contribution in [3.05, 3.63) is 82.8 Å². The summed E-state index contributed by atoms with van der Waals surface area (Å²) < 4.78 is 14.5. The molecule has 37 heavy (non-hydrogen) atoms. The zero-order valence-electron chi connectivity index (χ0n) is 20.9. The lowest BCUT2D eigenvalue weighted by atomic mass is 9.93. The number of H-pyrrole nitrogens is 1. The number of carbonyl (C=O) groups is 1. The van der Waals surface area contributed by atoms with E-state index >= 15 is 0 Å². The van der Waals surface area contributed by atoms with Crippen LogP contribution in [-0.2, 0) is 16.8 Å². The lowest BCUT2D eigenvalue weighted by molar-refractivity contribution is -0.126. The highest BCUT2D eigenvalue weighted by molar-refractivity contribution is 5.79. The first-order valence-electron chi connectivity index (χ1n) is 12.2. The minimum atomic E-state index is -1.17. The molecule has 3 N–H and O–H groups in total. The van der Waals surface area contributed by atoms with Crippen molar-refractivity contribution in [3.63, 3.8) is 0 Å². The molecule has 1 aliphatic carbocycles. The third-order valence-electron chi connectivity index (χ3n) is 6.73. The molecule has 0 bridgehead atoms. The van der Waals surface area contributed by atoms with Crippen molar-refractivity contribution in [2.75, 3.05) is 0 Å². The van der Waals surface area contributed by atoms with Crippen molar-refractivity contribution in [2.45, 2.75) is 58.1 Å². The zero-order chi connectivity index (χ0) is 26.2. The number of aromatic nitrogens is 7. The third kappa shape index (κ3) is 5.41. The Morgan fingerprint density at radius 3 is 2.76 bits per heavy atom. The van der Waals surface area contributed by atoms with Gasteiger partial charge in [0.05, 0.1) is 47.9 Å². The van der Waals surface area contributed by atoms with Crippen LogP contribution in [0.2, 0.25) is 0 Å². The third-order valence-corrected chi connectivity index (χ3v) is 6.73. The molecule has 4 heterocycles. The molecule has 1 amide bonds. The van der Waals surface area contributed by atoms with Gasteiger partial charge in [0.25, 0.3) is 0 Å². The quantitative estimate of drug-likeness (QED) is 0.352. The Kier molecular flexibility index (Phi) is 6.55. The van der Waals surface area contributed by atoms with Crippen LogP contribution in [0.25, 0.3) is 5.82 Å². The van der Waals surface area contributed by atoms with Crippen molar-refractivity contribution in [1.82, 2.24) is 40.2 Å². The van der Waals surface area contributed by atoms with Gasteiger partial charge in [0.15, 0.2) is 11.6 Å².